The average molecular weight is 364 g/mol. The summed E-state index contributed by atoms with van der Waals surface area (Å²) in [6.45, 7) is 1.01. The van der Waals surface area contributed by atoms with Crippen molar-refractivity contribution < 1.29 is 14.0 Å². The molecule has 5 heteroatoms. The second-order valence-electron chi connectivity index (χ2n) is 6.43. The van der Waals surface area contributed by atoms with Crippen LogP contribution in [0.2, 0.25) is 0 Å². The molecule has 2 amide bonds. The zero-order chi connectivity index (χ0) is 19.1. The number of halogens is 1. The third kappa shape index (κ3) is 5.42. The van der Waals surface area contributed by atoms with Crippen molar-refractivity contribution in [3.05, 3.63) is 65.5 Å². The van der Waals surface area contributed by atoms with Crippen LogP contribution in [-0.4, -0.2) is 24.9 Å². The molecule has 1 heterocycles. The van der Waals surface area contributed by atoms with Gasteiger partial charge in [-0.2, -0.15) is 0 Å². The molecule has 3 rings (SSSR count). The van der Waals surface area contributed by atoms with Crippen LogP contribution in [-0.2, 0) is 16.0 Å². The summed E-state index contributed by atoms with van der Waals surface area (Å²) >= 11 is 0. The number of carbonyl (C=O) groups excluding carboxylic acids is 2. The van der Waals surface area contributed by atoms with Crippen molar-refractivity contribution in [2.75, 3.05) is 18.0 Å². The quantitative estimate of drug-likeness (QED) is 0.848. The number of nitrogens with one attached hydrogen (secondary N) is 1. The maximum atomic E-state index is 12.8. The maximum absolute atomic E-state index is 12.8. The Hall–Kier alpha value is -3.13. The predicted octanol–water partition coefficient (Wildman–Crippen LogP) is 3.05. The first-order valence-electron chi connectivity index (χ1n) is 9.02. The molecular weight excluding hydrogens is 343 g/mol. The number of hydrogen-bond acceptors (Lipinski definition) is 2. The minimum Gasteiger partial charge on any atom is -0.345 e. The van der Waals surface area contributed by atoms with Gasteiger partial charge in [0.2, 0.25) is 11.8 Å². The molecule has 1 N–H and O–H groups in total. The number of carbonyl (C=O) groups is 2. The second kappa shape index (κ2) is 9.00. The number of anilines is 1. The van der Waals surface area contributed by atoms with Crippen LogP contribution in [0.25, 0.3) is 0 Å². The van der Waals surface area contributed by atoms with Crippen LogP contribution < -0.4 is 10.2 Å². The normalized spacial score (nSPS) is 13.7. The molecule has 2 aromatic rings. The number of amides is 2. The van der Waals surface area contributed by atoms with Crippen LogP contribution in [0.1, 0.15) is 30.4 Å². The van der Waals surface area contributed by atoms with Crippen molar-refractivity contribution in [1.82, 2.24) is 5.32 Å². The topological polar surface area (TPSA) is 49.4 Å². The molecule has 2 aromatic carbocycles. The fourth-order valence-corrected chi connectivity index (χ4v) is 2.94. The Bertz CT molecular complexity index is 864. The highest BCUT2D eigenvalue weighted by Gasteiger charge is 2.19. The van der Waals surface area contributed by atoms with E-state index in [1.54, 1.807) is 12.1 Å². The van der Waals surface area contributed by atoms with Gasteiger partial charge in [0.25, 0.3) is 0 Å². The summed E-state index contributed by atoms with van der Waals surface area (Å²) in [5.41, 5.74) is 2.48. The van der Waals surface area contributed by atoms with Gasteiger partial charge in [-0.25, -0.2) is 4.39 Å². The zero-order valence-electron chi connectivity index (χ0n) is 15.0. The van der Waals surface area contributed by atoms with Crippen LogP contribution in [0.4, 0.5) is 10.1 Å². The number of piperidine rings is 1. The summed E-state index contributed by atoms with van der Waals surface area (Å²) in [6.07, 6.45) is 2.80. The molecular formula is C22H21FN2O2. The number of benzene rings is 2. The molecule has 0 spiro atoms. The van der Waals surface area contributed by atoms with Gasteiger partial charge in [-0.3, -0.25) is 9.59 Å². The SMILES string of the molecule is O=C(Cc1ccc(F)cc1)NCC#Cc1ccc(N2CCCCC2=O)cc1. The highest BCUT2D eigenvalue weighted by Crippen LogP contribution is 2.20. The lowest BCUT2D eigenvalue weighted by molar-refractivity contribution is -0.120. The fraction of sp³-hybridized carbons (Fsp3) is 0.273. The van der Waals surface area contributed by atoms with Gasteiger partial charge in [-0.15, -0.1) is 0 Å². The van der Waals surface area contributed by atoms with Crippen molar-refractivity contribution in [2.24, 2.45) is 0 Å². The number of hydrogen-bond donors (Lipinski definition) is 1. The zero-order valence-corrected chi connectivity index (χ0v) is 15.0. The van der Waals surface area contributed by atoms with Gasteiger partial charge in [-0.1, -0.05) is 24.0 Å². The van der Waals surface area contributed by atoms with Gasteiger partial charge in [0.1, 0.15) is 5.82 Å². The van der Waals surface area contributed by atoms with E-state index in [9.17, 15) is 14.0 Å². The van der Waals surface area contributed by atoms with Crippen LogP contribution in [0.3, 0.4) is 0 Å². The minimum absolute atomic E-state index is 0.158. The third-order valence-electron chi connectivity index (χ3n) is 4.39. The first kappa shape index (κ1) is 18.7. The number of nitrogens with zero attached hydrogens (tertiary/aromatic N) is 1. The average Bonchev–Trinajstić information content (AvgIpc) is 2.68. The van der Waals surface area contributed by atoms with Crippen LogP contribution >= 0.6 is 0 Å². The Labute approximate surface area is 158 Å². The molecule has 0 atom stereocenters. The Morgan fingerprint density at radius 2 is 1.81 bits per heavy atom. The van der Waals surface area contributed by atoms with E-state index in [-0.39, 0.29) is 30.6 Å². The van der Waals surface area contributed by atoms with Gasteiger partial charge in [0, 0.05) is 24.2 Å². The summed E-state index contributed by atoms with van der Waals surface area (Å²) in [7, 11) is 0. The molecule has 1 aliphatic heterocycles. The van der Waals surface area contributed by atoms with Gasteiger partial charge >= 0.3 is 0 Å². The lowest BCUT2D eigenvalue weighted by Crippen LogP contribution is -2.35. The molecule has 0 aromatic heterocycles. The summed E-state index contributed by atoms with van der Waals surface area (Å²) in [6, 6.07) is 13.4. The molecule has 0 saturated carbocycles. The molecule has 4 nitrogen and oxygen atoms in total. The maximum Gasteiger partial charge on any atom is 0.226 e. The summed E-state index contributed by atoms with van der Waals surface area (Å²) in [5, 5.41) is 2.73. The first-order chi connectivity index (χ1) is 13.1. The monoisotopic (exact) mass is 364 g/mol. The molecule has 1 aliphatic rings. The van der Waals surface area contributed by atoms with E-state index in [1.165, 1.54) is 12.1 Å². The van der Waals surface area contributed by atoms with E-state index in [4.69, 9.17) is 0 Å². The van der Waals surface area contributed by atoms with E-state index in [2.05, 4.69) is 17.2 Å². The molecule has 1 saturated heterocycles. The Kier molecular flexibility index (Phi) is 6.22. The van der Waals surface area contributed by atoms with Gasteiger partial charge in [0.05, 0.1) is 13.0 Å². The van der Waals surface area contributed by atoms with Crippen molar-refractivity contribution in [3.63, 3.8) is 0 Å². The van der Waals surface area contributed by atoms with E-state index in [0.29, 0.717) is 6.42 Å². The van der Waals surface area contributed by atoms with Gasteiger partial charge < -0.3 is 10.2 Å². The standard InChI is InChI=1S/C22H21FN2O2/c23-19-10-6-18(7-11-19)16-21(26)24-14-3-4-17-8-12-20(13-9-17)25-15-2-1-5-22(25)27/h6-13H,1-2,5,14-16H2,(H,24,26). The highest BCUT2D eigenvalue weighted by atomic mass is 19.1. The van der Waals surface area contributed by atoms with Crippen molar-refractivity contribution in [1.29, 1.82) is 0 Å². The van der Waals surface area contributed by atoms with Crippen LogP contribution in [0.15, 0.2) is 48.5 Å². The van der Waals surface area contributed by atoms with Gasteiger partial charge in [-0.05, 0) is 54.8 Å². The smallest absolute Gasteiger partial charge is 0.226 e. The number of rotatable bonds is 4. The third-order valence-corrected chi connectivity index (χ3v) is 4.39. The molecule has 0 aliphatic carbocycles. The molecule has 27 heavy (non-hydrogen) atoms. The molecule has 0 bridgehead atoms. The summed E-state index contributed by atoms with van der Waals surface area (Å²) < 4.78 is 12.8. The van der Waals surface area contributed by atoms with Crippen molar-refractivity contribution >= 4 is 17.5 Å². The Balaban J connectivity index is 1.48. The van der Waals surface area contributed by atoms with Crippen molar-refractivity contribution in [2.45, 2.75) is 25.7 Å². The van der Waals surface area contributed by atoms with E-state index >= 15 is 0 Å². The van der Waals surface area contributed by atoms with E-state index < -0.39 is 0 Å². The minimum atomic E-state index is -0.319. The molecule has 138 valence electrons. The Morgan fingerprint density at radius 3 is 2.52 bits per heavy atom. The van der Waals surface area contributed by atoms with Gasteiger partial charge in [0.15, 0.2) is 0 Å². The Morgan fingerprint density at radius 1 is 1.07 bits per heavy atom. The van der Waals surface area contributed by atoms with Crippen LogP contribution in [0, 0.1) is 17.7 Å². The first-order valence-corrected chi connectivity index (χ1v) is 9.02. The predicted molar refractivity (Wildman–Crippen MR) is 103 cm³/mol. The molecule has 0 unspecified atom stereocenters. The fourth-order valence-electron chi connectivity index (χ4n) is 2.94. The molecule has 1 fully saturated rings. The largest absolute Gasteiger partial charge is 0.345 e. The lowest BCUT2D eigenvalue weighted by atomic mass is 10.1. The lowest BCUT2D eigenvalue weighted by Gasteiger charge is -2.26. The highest BCUT2D eigenvalue weighted by molar-refractivity contribution is 5.94. The van der Waals surface area contributed by atoms with E-state index in [0.717, 1.165) is 36.2 Å². The van der Waals surface area contributed by atoms with E-state index in [1.807, 2.05) is 29.2 Å². The second-order valence-corrected chi connectivity index (χ2v) is 6.43. The van der Waals surface area contributed by atoms with Crippen molar-refractivity contribution in [3.8, 4) is 11.8 Å². The van der Waals surface area contributed by atoms with Crippen LogP contribution in [0.5, 0.6) is 0 Å². The summed E-state index contributed by atoms with van der Waals surface area (Å²) in [5.74, 6) is 5.60. The summed E-state index contributed by atoms with van der Waals surface area (Å²) in [4.78, 5) is 25.6. The molecule has 0 radical (unpaired) electrons.